The molecule has 0 aromatic heterocycles. The van der Waals surface area contributed by atoms with Gasteiger partial charge in [0.05, 0.1) is 18.2 Å². The van der Waals surface area contributed by atoms with Gasteiger partial charge in [0.25, 0.3) is 0 Å². The van der Waals surface area contributed by atoms with Gasteiger partial charge in [-0.2, -0.15) is 0 Å². The Hall–Kier alpha value is -1.13. The maximum atomic E-state index is 10.2. The van der Waals surface area contributed by atoms with Crippen LogP contribution in [0.5, 0.6) is 0 Å². The monoisotopic (exact) mass is 303 g/mol. The maximum absolute atomic E-state index is 10.2. The van der Waals surface area contributed by atoms with Gasteiger partial charge in [-0.3, -0.25) is 4.99 Å². The third-order valence-corrected chi connectivity index (χ3v) is 5.17. The summed E-state index contributed by atoms with van der Waals surface area (Å²) in [6, 6.07) is 0.882. The number of aliphatic hydroxyl groups is 1. The van der Waals surface area contributed by atoms with E-state index in [1.54, 1.807) is 0 Å². The van der Waals surface area contributed by atoms with Gasteiger partial charge in [0.1, 0.15) is 0 Å². The summed E-state index contributed by atoms with van der Waals surface area (Å²) >= 11 is 0. The Morgan fingerprint density at radius 1 is 1.09 bits per heavy atom. The summed E-state index contributed by atoms with van der Waals surface area (Å²) < 4.78 is 0. The molecule has 2 fully saturated rings. The lowest BCUT2D eigenvalue weighted by molar-refractivity contribution is 0.103. The third kappa shape index (κ3) is 3.99. The quantitative estimate of drug-likeness (QED) is 0.698. The van der Waals surface area contributed by atoms with Gasteiger partial charge in [-0.25, -0.2) is 0 Å². The number of piperidine rings is 1. The summed E-state index contributed by atoms with van der Waals surface area (Å²) in [6.07, 6.45) is 18.3. The molecule has 0 radical (unpaired) electrons. The molecule has 22 heavy (non-hydrogen) atoms. The second-order valence-electron chi connectivity index (χ2n) is 6.80. The fourth-order valence-corrected chi connectivity index (χ4v) is 3.82. The molecule has 0 aromatic carbocycles. The number of aliphatic hydroxyl groups excluding tert-OH is 1. The molecule has 1 saturated heterocycles. The first-order valence-corrected chi connectivity index (χ1v) is 8.89. The zero-order chi connectivity index (χ0) is 15.2. The SMILES string of the molecule is OC1CCCCC1C=NC(C1C=CC=CN1)C1CCCCN1. The molecule has 5 atom stereocenters. The Kier molecular flexibility index (Phi) is 5.68. The summed E-state index contributed by atoms with van der Waals surface area (Å²) in [5.41, 5.74) is 0. The van der Waals surface area contributed by atoms with Crippen molar-refractivity contribution in [1.82, 2.24) is 10.6 Å². The van der Waals surface area contributed by atoms with Crippen LogP contribution in [0.1, 0.15) is 44.9 Å². The first-order valence-electron chi connectivity index (χ1n) is 8.89. The van der Waals surface area contributed by atoms with Gasteiger partial charge in [0.15, 0.2) is 0 Å². The van der Waals surface area contributed by atoms with Crippen LogP contribution in [0.15, 0.2) is 29.4 Å². The van der Waals surface area contributed by atoms with Crippen molar-refractivity contribution < 1.29 is 5.11 Å². The highest BCUT2D eigenvalue weighted by Gasteiger charge is 2.29. The van der Waals surface area contributed by atoms with Crippen molar-refractivity contribution in [2.75, 3.05) is 6.54 Å². The van der Waals surface area contributed by atoms with Gasteiger partial charge >= 0.3 is 0 Å². The molecule has 4 heteroatoms. The van der Waals surface area contributed by atoms with Gasteiger partial charge in [-0.1, -0.05) is 31.4 Å². The minimum absolute atomic E-state index is 0.202. The Balaban J connectivity index is 1.69. The van der Waals surface area contributed by atoms with Crippen LogP contribution >= 0.6 is 0 Å². The Bertz CT molecular complexity index is 426. The van der Waals surface area contributed by atoms with Crippen LogP contribution in [0.2, 0.25) is 0 Å². The summed E-state index contributed by atoms with van der Waals surface area (Å²) in [5, 5.41) is 17.2. The molecule has 5 unspecified atom stereocenters. The second kappa shape index (κ2) is 7.93. The van der Waals surface area contributed by atoms with Gasteiger partial charge in [0.2, 0.25) is 0 Å². The number of dihydropyridines is 1. The van der Waals surface area contributed by atoms with Crippen molar-refractivity contribution in [3.63, 3.8) is 0 Å². The molecule has 122 valence electrons. The number of nitrogens with one attached hydrogen (secondary N) is 2. The molecular weight excluding hydrogens is 274 g/mol. The van der Waals surface area contributed by atoms with E-state index in [4.69, 9.17) is 4.99 Å². The lowest BCUT2D eigenvalue weighted by Crippen LogP contribution is -2.51. The molecule has 0 bridgehead atoms. The lowest BCUT2D eigenvalue weighted by Gasteiger charge is -2.34. The van der Waals surface area contributed by atoms with E-state index in [9.17, 15) is 5.11 Å². The normalized spacial score (nSPS) is 37.1. The Morgan fingerprint density at radius 3 is 2.68 bits per heavy atom. The first kappa shape index (κ1) is 15.8. The molecule has 1 saturated carbocycles. The minimum atomic E-state index is -0.202. The molecular formula is C18H29N3O. The van der Waals surface area contributed by atoms with E-state index < -0.39 is 0 Å². The highest BCUT2D eigenvalue weighted by atomic mass is 16.3. The molecule has 4 nitrogen and oxygen atoms in total. The summed E-state index contributed by atoms with van der Waals surface area (Å²) in [6.45, 7) is 1.09. The predicted molar refractivity (Wildman–Crippen MR) is 91.1 cm³/mol. The molecule has 3 rings (SSSR count). The largest absolute Gasteiger partial charge is 0.392 e. The number of nitrogens with zero attached hydrogens (tertiary/aromatic N) is 1. The summed E-state index contributed by atoms with van der Waals surface area (Å²) in [4.78, 5) is 4.95. The highest BCUT2D eigenvalue weighted by Crippen LogP contribution is 2.24. The van der Waals surface area contributed by atoms with Crippen LogP contribution < -0.4 is 10.6 Å². The van der Waals surface area contributed by atoms with Crippen LogP contribution in [-0.2, 0) is 0 Å². The van der Waals surface area contributed by atoms with Crippen LogP contribution in [0.3, 0.4) is 0 Å². The fraction of sp³-hybridized carbons (Fsp3) is 0.722. The summed E-state index contributed by atoms with van der Waals surface area (Å²) in [7, 11) is 0. The van der Waals surface area contributed by atoms with Gasteiger partial charge in [-0.15, -0.1) is 0 Å². The number of allylic oxidation sites excluding steroid dienone is 2. The average Bonchev–Trinajstić information content (AvgIpc) is 2.59. The standard InChI is InChI=1S/C18H29N3O/c22-17-10-2-1-7-14(17)13-21-18(15-8-3-5-11-19-15)16-9-4-6-12-20-16/h3,5,8,11,13-20,22H,1-2,4,6-7,9-10,12H2. The number of hydrogen-bond donors (Lipinski definition) is 3. The van der Waals surface area contributed by atoms with Gasteiger partial charge in [0, 0.05) is 18.2 Å². The van der Waals surface area contributed by atoms with Crippen LogP contribution in [0.25, 0.3) is 0 Å². The van der Waals surface area contributed by atoms with Crippen LogP contribution in [-0.4, -0.2) is 42.1 Å². The van der Waals surface area contributed by atoms with Crippen molar-refractivity contribution in [3.05, 3.63) is 24.4 Å². The molecule has 0 amide bonds. The molecule has 3 N–H and O–H groups in total. The van der Waals surface area contributed by atoms with E-state index in [-0.39, 0.29) is 24.1 Å². The lowest BCUT2D eigenvalue weighted by atomic mass is 9.87. The van der Waals surface area contributed by atoms with E-state index in [1.807, 2.05) is 12.3 Å². The third-order valence-electron chi connectivity index (χ3n) is 5.17. The first-order chi connectivity index (χ1) is 10.8. The van der Waals surface area contributed by atoms with E-state index in [0.717, 1.165) is 25.8 Å². The highest BCUT2D eigenvalue weighted by molar-refractivity contribution is 5.62. The second-order valence-corrected chi connectivity index (χ2v) is 6.80. The van der Waals surface area contributed by atoms with E-state index in [0.29, 0.717) is 6.04 Å². The average molecular weight is 303 g/mol. The van der Waals surface area contributed by atoms with Crippen molar-refractivity contribution >= 4 is 6.21 Å². The zero-order valence-electron chi connectivity index (χ0n) is 13.3. The smallest absolute Gasteiger partial charge is 0.0885 e. The minimum Gasteiger partial charge on any atom is -0.392 e. The van der Waals surface area contributed by atoms with Gasteiger partial charge in [-0.05, 0) is 44.5 Å². The molecule has 2 aliphatic heterocycles. The fourth-order valence-electron chi connectivity index (χ4n) is 3.82. The molecule has 3 aliphatic rings. The van der Waals surface area contributed by atoms with Gasteiger partial charge < -0.3 is 15.7 Å². The van der Waals surface area contributed by atoms with Crippen LogP contribution in [0.4, 0.5) is 0 Å². The Labute approximate surface area is 133 Å². The number of rotatable bonds is 4. The predicted octanol–water partition coefficient (Wildman–Crippen LogP) is 2.16. The van der Waals surface area contributed by atoms with E-state index >= 15 is 0 Å². The van der Waals surface area contributed by atoms with Crippen molar-refractivity contribution in [3.8, 4) is 0 Å². The Morgan fingerprint density at radius 2 is 1.95 bits per heavy atom. The molecule has 0 aromatic rings. The van der Waals surface area contributed by atoms with E-state index in [1.165, 1.54) is 25.7 Å². The molecule has 0 spiro atoms. The van der Waals surface area contributed by atoms with E-state index in [2.05, 4.69) is 29.0 Å². The number of aliphatic imine (C=N–C) groups is 1. The molecule has 2 heterocycles. The topological polar surface area (TPSA) is 56.7 Å². The molecule has 1 aliphatic carbocycles. The zero-order valence-corrected chi connectivity index (χ0v) is 13.3. The van der Waals surface area contributed by atoms with Crippen molar-refractivity contribution in [2.45, 2.75) is 69.2 Å². The van der Waals surface area contributed by atoms with Crippen molar-refractivity contribution in [2.24, 2.45) is 10.9 Å². The number of hydrogen-bond acceptors (Lipinski definition) is 4. The van der Waals surface area contributed by atoms with Crippen LogP contribution in [0, 0.1) is 5.92 Å². The maximum Gasteiger partial charge on any atom is 0.0885 e. The summed E-state index contributed by atoms with van der Waals surface area (Å²) in [5.74, 6) is 0.239. The van der Waals surface area contributed by atoms with Crippen molar-refractivity contribution in [1.29, 1.82) is 0 Å².